The van der Waals surface area contributed by atoms with Crippen LogP contribution >= 0.6 is 0 Å². The molecule has 1 aliphatic rings. The van der Waals surface area contributed by atoms with Gasteiger partial charge in [-0.3, -0.25) is 9.89 Å². The van der Waals surface area contributed by atoms with Gasteiger partial charge in [-0.25, -0.2) is 8.42 Å². The van der Waals surface area contributed by atoms with Gasteiger partial charge in [-0.05, 0) is 31.5 Å². The normalized spacial score (nSPS) is 16.2. The summed E-state index contributed by atoms with van der Waals surface area (Å²) in [6, 6.07) is 6.47. The monoisotopic (exact) mass is 404 g/mol. The summed E-state index contributed by atoms with van der Waals surface area (Å²) in [5.74, 6) is 0.756. The van der Waals surface area contributed by atoms with Crippen LogP contribution in [0.25, 0.3) is 11.5 Å². The van der Waals surface area contributed by atoms with Crippen LogP contribution in [0.15, 0.2) is 50.5 Å². The molecule has 10 heteroatoms. The first-order chi connectivity index (χ1) is 13.5. The first-order valence-corrected chi connectivity index (χ1v) is 10.3. The summed E-state index contributed by atoms with van der Waals surface area (Å²) in [5.41, 5.74) is 0.607. The maximum absolute atomic E-state index is 13.2. The number of hydrogen-bond acceptors (Lipinski definition) is 6. The number of aromatic nitrogens is 2. The van der Waals surface area contributed by atoms with Crippen molar-refractivity contribution in [3.63, 3.8) is 0 Å². The zero-order chi connectivity index (χ0) is 19.7. The SMILES string of the molecule is Cc1oc(-c2ccn[nH]2)cc1S(=O)(=O)N1CCCN(C(=O)c2ccco2)CC1. The predicted molar refractivity (Wildman–Crippen MR) is 99.0 cm³/mol. The third-order valence-corrected chi connectivity index (χ3v) is 6.74. The maximum atomic E-state index is 13.2. The first kappa shape index (κ1) is 18.5. The number of aromatic amines is 1. The van der Waals surface area contributed by atoms with Crippen molar-refractivity contribution in [2.75, 3.05) is 26.2 Å². The molecule has 1 amide bonds. The van der Waals surface area contributed by atoms with Crippen molar-refractivity contribution in [3.8, 4) is 11.5 Å². The number of rotatable bonds is 4. The number of furan rings is 2. The Labute approximate surface area is 162 Å². The van der Waals surface area contributed by atoms with E-state index < -0.39 is 10.0 Å². The summed E-state index contributed by atoms with van der Waals surface area (Å²) in [4.78, 5) is 14.2. The summed E-state index contributed by atoms with van der Waals surface area (Å²) >= 11 is 0. The van der Waals surface area contributed by atoms with Crippen molar-refractivity contribution in [1.29, 1.82) is 0 Å². The highest BCUT2D eigenvalue weighted by molar-refractivity contribution is 7.89. The lowest BCUT2D eigenvalue weighted by molar-refractivity contribution is 0.0732. The fourth-order valence-corrected chi connectivity index (χ4v) is 4.91. The summed E-state index contributed by atoms with van der Waals surface area (Å²) < 4.78 is 38.5. The van der Waals surface area contributed by atoms with E-state index >= 15 is 0 Å². The molecule has 0 radical (unpaired) electrons. The van der Waals surface area contributed by atoms with Gasteiger partial charge in [0.15, 0.2) is 11.5 Å². The van der Waals surface area contributed by atoms with Crippen molar-refractivity contribution in [2.24, 2.45) is 0 Å². The fourth-order valence-electron chi connectivity index (χ4n) is 3.28. The Morgan fingerprint density at radius 1 is 1.21 bits per heavy atom. The number of carbonyl (C=O) groups excluding carboxylic acids is 1. The lowest BCUT2D eigenvalue weighted by Crippen LogP contribution is -2.37. The Hall–Kier alpha value is -2.85. The maximum Gasteiger partial charge on any atom is 0.289 e. The topological polar surface area (TPSA) is 113 Å². The molecule has 4 rings (SSSR count). The average Bonchev–Trinajstić information content (AvgIpc) is 3.40. The molecular weight excluding hydrogens is 384 g/mol. The number of aryl methyl sites for hydroxylation is 1. The van der Waals surface area contributed by atoms with E-state index in [1.165, 1.54) is 16.6 Å². The van der Waals surface area contributed by atoms with E-state index in [1.54, 1.807) is 36.2 Å². The number of H-pyrrole nitrogens is 1. The van der Waals surface area contributed by atoms with Crippen LogP contribution in [-0.4, -0.2) is 59.9 Å². The first-order valence-electron chi connectivity index (χ1n) is 8.90. The van der Waals surface area contributed by atoms with Crippen LogP contribution in [0, 0.1) is 6.92 Å². The van der Waals surface area contributed by atoms with Gasteiger partial charge in [0.05, 0.1) is 6.26 Å². The summed E-state index contributed by atoms with van der Waals surface area (Å²) in [6.07, 6.45) is 3.55. The number of amides is 1. The number of nitrogens with zero attached hydrogens (tertiary/aromatic N) is 3. The van der Waals surface area contributed by atoms with Gasteiger partial charge in [-0.15, -0.1) is 0 Å². The second-order valence-electron chi connectivity index (χ2n) is 6.53. The molecule has 28 heavy (non-hydrogen) atoms. The molecule has 1 N–H and O–H groups in total. The van der Waals surface area contributed by atoms with Crippen molar-refractivity contribution >= 4 is 15.9 Å². The minimum atomic E-state index is -3.75. The van der Waals surface area contributed by atoms with Gasteiger partial charge in [-0.1, -0.05) is 0 Å². The van der Waals surface area contributed by atoms with Crippen LogP contribution in [-0.2, 0) is 10.0 Å². The molecule has 0 aliphatic carbocycles. The smallest absolute Gasteiger partial charge is 0.289 e. The number of hydrogen-bond donors (Lipinski definition) is 1. The standard InChI is InChI=1S/C18H20N4O5S/c1-13-17(12-16(27-13)14-5-6-19-20-14)28(24,25)22-8-3-7-21(9-10-22)18(23)15-4-2-11-26-15/h2,4-6,11-12H,3,7-10H2,1H3,(H,19,20). The van der Waals surface area contributed by atoms with Crippen LogP contribution in [0.3, 0.4) is 0 Å². The zero-order valence-corrected chi connectivity index (χ0v) is 16.1. The molecule has 0 unspecified atom stereocenters. The van der Waals surface area contributed by atoms with Crippen LogP contribution in [0.4, 0.5) is 0 Å². The molecule has 1 aliphatic heterocycles. The molecular formula is C18H20N4O5S. The van der Waals surface area contributed by atoms with E-state index in [4.69, 9.17) is 8.83 Å². The van der Waals surface area contributed by atoms with E-state index in [0.29, 0.717) is 43.3 Å². The molecule has 0 saturated carbocycles. The van der Waals surface area contributed by atoms with Gasteiger partial charge in [0.1, 0.15) is 16.3 Å². The largest absolute Gasteiger partial charge is 0.459 e. The van der Waals surface area contributed by atoms with Crippen LogP contribution in [0.1, 0.15) is 22.7 Å². The Balaban J connectivity index is 1.53. The van der Waals surface area contributed by atoms with Crippen molar-refractivity contribution in [1.82, 2.24) is 19.4 Å². The minimum absolute atomic E-state index is 0.128. The van der Waals surface area contributed by atoms with Gasteiger partial charge in [0.25, 0.3) is 5.91 Å². The van der Waals surface area contributed by atoms with Gasteiger partial charge < -0.3 is 13.7 Å². The predicted octanol–water partition coefficient (Wildman–Crippen LogP) is 2.11. The summed E-state index contributed by atoms with van der Waals surface area (Å²) in [5, 5.41) is 6.62. The minimum Gasteiger partial charge on any atom is -0.459 e. The third-order valence-electron chi connectivity index (χ3n) is 4.73. The van der Waals surface area contributed by atoms with E-state index in [2.05, 4.69) is 10.2 Å². The molecule has 3 aromatic heterocycles. The van der Waals surface area contributed by atoms with Crippen molar-refractivity contribution < 1.29 is 22.0 Å². The molecule has 1 fully saturated rings. The van der Waals surface area contributed by atoms with Gasteiger partial charge >= 0.3 is 0 Å². The lowest BCUT2D eigenvalue weighted by atomic mass is 10.3. The molecule has 148 valence electrons. The molecule has 3 aromatic rings. The third kappa shape index (κ3) is 3.36. The zero-order valence-electron chi connectivity index (χ0n) is 15.3. The van der Waals surface area contributed by atoms with E-state index in [-0.39, 0.29) is 23.1 Å². The number of nitrogens with one attached hydrogen (secondary N) is 1. The van der Waals surface area contributed by atoms with Crippen molar-refractivity contribution in [3.05, 3.63) is 48.2 Å². The Morgan fingerprint density at radius 2 is 2.07 bits per heavy atom. The molecule has 1 saturated heterocycles. The second-order valence-corrected chi connectivity index (χ2v) is 8.43. The highest BCUT2D eigenvalue weighted by Gasteiger charge is 2.32. The molecule has 0 aromatic carbocycles. The Bertz CT molecular complexity index is 1050. The van der Waals surface area contributed by atoms with Gasteiger partial charge in [0.2, 0.25) is 10.0 Å². The van der Waals surface area contributed by atoms with E-state index in [1.807, 2.05) is 0 Å². The van der Waals surface area contributed by atoms with Crippen LogP contribution in [0.5, 0.6) is 0 Å². The lowest BCUT2D eigenvalue weighted by Gasteiger charge is -2.21. The van der Waals surface area contributed by atoms with Crippen LogP contribution in [0.2, 0.25) is 0 Å². The van der Waals surface area contributed by atoms with Gasteiger partial charge in [0, 0.05) is 38.4 Å². The highest BCUT2D eigenvalue weighted by Crippen LogP contribution is 2.29. The molecule has 9 nitrogen and oxygen atoms in total. The molecule has 0 spiro atoms. The quantitative estimate of drug-likeness (QED) is 0.713. The highest BCUT2D eigenvalue weighted by atomic mass is 32.2. The molecule has 0 atom stereocenters. The Kier molecular flexibility index (Phi) is 4.82. The summed E-state index contributed by atoms with van der Waals surface area (Å²) in [6.45, 7) is 2.92. The van der Waals surface area contributed by atoms with Gasteiger partial charge in [-0.2, -0.15) is 9.40 Å². The Morgan fingerprint density at radius 3 is 2.79 bits per heavy atom. The number of sulfonamides is 1. The van der Waals surface area contributed by atoms with E-state index in [0.717, 1.165) is 0 Å². The fraction of sp³-hybridized carbons (Fsp3) is 0.333. The number of carbonyl (C=O) groups is 1. The van der Waals surface area contributed by atoms with Crippen LogP contribution < -0.4 is 0 Å². The van der Waals surface area contributed by atoms with E-state index in [9.17, 15) is 13.2 Å². The average molecular weight is 404 g/mol. The summed E-state index contributed by atoms with van der Waals surface area (Å²) in [7, 11) is -3.75. The molecule has 0 bridgehead atoms. The van der Waals surface area contributed by atoms with Crippen molar-refractivity contribution in [2.45, 2.75) is 18.2 Å². The second kappa shape index (κ2) is 7.28. The molecule has 4 heterocycles.